The Morgan fingerprint density at radius 3 is 2.80 bits per heavy atom. The highest BCUT2D eigenvalue weighted by atomic mass is 19.1. The van der Waals surface area contributed by atoms with Gasteiger partial charge in [0, 0.05) is 13.0 Å². The van der Waals surface area contributed by atoms with E-state index in [1.54, 1.807) is 12.1 Å². The van der Waals surface area contributed by atoms with Crippen LogP contribution in [-0.2, 0) is 22.5 Å². The quantitative estimate of drug-likeness (QED) is 0.766. The molecule has 0 radical (unpaired) electrons. The van der Waals surface area contributed by atoms with E-state index >= 15 is 0 Å². The van der Waals surface area contributed by atoms with Crippen molar-refractivity contribution in [3.05, 3.63) is 35.1 Å². The van der Waals surface area contributed by atoms with Gasteiger partial charge in [-0.25, -0.2) is 4.39 Å². The normalized spacial score (nSPS) is 10.1. The Bertz CT molecular complexity index is 352. The van der Waals surface area contributed by atoms with Crippen LogP contribution in [0.2, 0.25) is 0 Å². The van der Waals surface area contributed by atoms with Crippen molar-refractivity contribution < 1.29 is 13.9 Å². The third kappa shape index (κ3) is 3.32. The smallest absolute Gasteiger partial charge is 0.305 e. The van der Waals surface area contributed by atoms with Gasteiger partial charge < -0.3 is 10.5 Å². The first kappa shape index (κ1) is 11.7. The van der Waals surface area contributed by atoms with Gasteiger partial charge in [0.05, 0.1) is 7.11 Å². The number of benzene rings is 1. The lowest BCUT2D eigenvalue weighted by Gasteiger charge is -2.04. The van der Waals surface area contributed by atoms with Gasteiger partial charge in [0.25, 0.3) is 0 Å². The molecule has 1 aromatic rings. The van der Waals surface area contributed by atoms with Gasteiger partial charge in [0.2, 0.25) is 0 Å². The molecule has 0 heterocycles. The van der Waals surface area contributed by atoms with Crippen molar-refractivity contribution in [3.63, 3.8) is 0 Å². The maximum Gasteiger partial charge on any atom is 0.305 e. The predicted octanol–water partition coefficient (Wildman–Crippen LogP) is 1.39. The molecule has 82 valence electrons. The minimum Gasteiger partial charge on any atom is -0.469 e. The van der Waals surface area contributed by atoms with Crippen molar-refractivity contribution >= 4 is 5.97 Å². The van der Waals surface area contributed by atoms with Crippen molar-refractivity contribution in [2.45, 2.75) is 19.4 Å². The van der Waals surface area contributed by atoms with Crippen LogP contribution in [0.15, 0.2) is 18.2 Å². The summed E-state index contributed by atoms with van der Waals surface area (Å²) in [5, 5.41) is 0. The number of hydrogen-bond acceptors (Lipinski definition) is 3. The van der Waals surface area contributed by atoms with Gasteiger partial charge in [-0.15, -0.1) is 0 Å². The highest BCUT2D eigenvalue weighted by Gasteiger charge is 2.06. The van der Waals surface area contributed by atoms with E-state index in [0.717, 1.165) is 5.56 Å². The number of halogens is 1. The summed E-state index contributed by atoms with van der Waals surface area (Å²) in [7, 11) is 1.32. The van der Waals surface area contributed by atoms with Crippen LogP contribution in [0.4, 0.5) is 4.39 Å². The molecule has 0 saturated carbocycles. The Morgan fingerprint density at radius 1 is 1.53 bits per heavy atom. The van der Waals surface area contributed by atoms with E-state index in [1.807, 2.05) is 0 Å². The zero-order valence-corrected chi connectivity index (χ0v) is 8.63. The molecule has 0 unspecified atom stereocenters. The molecular formula is C11H14FNO2. The zero-order chi connectivity index (χ0) is 11.3. The molecule has 2 N–H and O–H groups in total. The van der Waals surface area contributed by atoms with Crippen LogP contribution >= 0.6 is 0 Å². The van der Waals surface area contributed by atoms with Gasteiger partial charge in [0.1, 0.15) is 5.82 Å². The molecule has 0 aliphatic carbocycles. The highest BCUT2D eigenvalue weighted by molar-refractivity contribution is 5.69. The summed E-state index contributed by atoms with van der Waals surface area (Å²) in [5.41, 5.74) is 6.63. The van der Waals surface area contributed by atoms with E-state index in [9.17, 15) is 9.18 Å². The van der Waals surface area contributed by atoms with E-state index in [-0.39, 0.29) is 18.2 Å². The Hall–Kier alpha value is -1.42. The van der Waals surface area contributed by atoms with Gasteiger partial charge in [0.15, 0.2) is 0 Å². The Kier molecular flexibility index (Phi) is 4.24. The average Bonchev–Trinajstić information content (AvgIpc) is 2.26. The largest absolute Gasteiger partial charge is 0.469 e. The molecule has 1 aromatic carbocycles. The molecule has 0 saturated heterocycles. The van der Waals surface area contributed by atoms with Crippen LogP contribution in [-0.4, -0.2) is 13.1 Å². The number of carbonyl (C=O) groups is 1. The van der Waals surface area contributed by atoms with E-state index in [4.69, 9.17) is 5.73 Å². The van der Waals surface area contributed by atoms with Crippen molar-refractivity contribution in [3.8, 4) is 0 Å². The SMILES string of the molecule is COC(=O)CCc1ccc(CN)cc1F. The summed E-state index contributed by atoms with van der Waals surface area (Å²) in [5.74, 6) is -0.654. The third-order valence-corrected chi connectivity index (χ3v) is 2.18. The first-order valence-corrected chi connectivity index (χ1v) is 4.71. The second-order valence-corrected chi connectivity index (χ2v) is 3.21. The van der Waals surface area contributed by atoms with Crippen molar-refractivity contribution in [2.24, 2.45) is 5.73 Å². The lowest BCUT2D eigenvalue weighted by Crippen LogP contribution is -2.04. The number of hydrogen-bond donors (Lipinski definition) is 1. The van der Waals surface area contributed by atoms with Crippen molar-refractivity contribution in [1.82, 2.24) is 0 Å². The second kappa shape index (κ2) is 5.46. The molecule has 15 heavy (non-hydrogen) atoms. The number of nitrogens with two attached hydrogens (primary N) is 1. The topological polar surface area (TPSA) is 52.3 Å². The van der Waals surface area contributed by atoms with Crippen LogP contribution in [0.25, 0.3) is 0 Å². The number of methoxy groups -OCH3 is 1. The summed E-state index contributed by atoms with van der Waals surface area (Å²) in [6, 6.07) is 4.81. The van der Waals surface area contributed by atoms with E-state index in [0.29, 0.717) is 18.5 Å². The second-order valence-electron chi connectivity index (χ2n) is 3.21. The van der Waals surface area contributed by atoms with Gasteiger partial charge in [-0.3, -0.25) is 4.79 Å². The molecule has 0 amide bonds. The van der Waals surface area contributed by atoms with E-state index < -0.39 is 0 Å². The molecule has 1 rings (SSSR count). The molecule has 0 atom stereocenters. The number of rotatable bonds is 4. The summed E-state index contributed by atoms with van der Waals surface area (Å²) >= 11 is 0. The van der Waals surface area contributed by atoms with Crippen LogP contribution in [0.1, 0.15) is 17.5 Å². The molecular weight excluding hydrogens is 197 g/mol. The molecule has 3 nitrogen and oxygen atoms in total. The third-order valence-electron chi connectivity index (χ3n) is 2.18. The number of carbonyl (C=O) groups excluding carboxylic acids is 1. The monoisotopic (exact) mass is 211 g/mol. The lowest BCUT2D eigenvalue weighted by molar-refractivity contribution is -0.140. The summed E-state index contributed by atoms with van der Waals surface area (Å²) in [6.07, 6.45) is 0.540. The van der Waals surface area contributed by atoms with Crippen LogP contribution < -0.4 is 5.73 Å². The minimum absolute atomic E-state index is 0.190. The van der Waals surface area contributed by atoms with Gasteiger partial charge in [-0.1, -0.05) is 12.1 Å². The number of ether oxygens (including phenoxy) is 1. The molecule has 0 aromatic heterocycles. The molecule has 0 aliphatic rings. The van der Waals surface area contributed by atoms with Crippen molar-refractivity contribution in [1.29, 1.82) is 0 Å². The molecule has 0 aliphatic heterocycles. The lowest BCUT2D eigenvalue weighted by atomic mass is 10.1. The fourth-order valence-electron chi connectivity index (χ4n) is 1.26. The fourth-order valence-corrected chi connectivity index (χ4v) is 1.26. The van der Waals surface area contributed by atoms with Crippen LogP contribution in [0.3, 0.4) is 0 Å². The first-order chi connectivity index (χ1) is 7.17. The number of esters is 1. The minimum atomic E-state index is -0.336. The Labute approximate surface area is 88.0 Å². The van der Waals surface area contributed by atoms with E-state index in [2.05, 4.69) is 4.74 Å². The highest BCUT2D eigenvalue weighted by Crippen LogP contribution is 2.12. The molecule has 0 fully saturated rings. The number of aryl methyl sites for hydroxylation is 1. The first-order valence-electron chi connectivity index (χ1n) is 4.71. The summed E-state index contributed by atoms with van der Waals surface area (Å²) in [6.45, 7) is 0.314. The Balaban J connectivity index is 2.66. The molecule has 0 spiro atoms. The molecule has 4 heteroatoms. The summed E-state index contributed by atoms with van der Waals surface area (Å²) < 4.78 is 17.9. The fraction of sp³-hybridized carbons (Fsp3) is 0.364. The molecule has 0 bridgehead atoms. The maximum atomic E-state index is 13.4. The average molecular weight is 211 g/mol. The van der Waals surface area contributed by atoms with Gasteiger partial charge in [-0.05, 0) is 23.6 Å². The zero-order valence-electron chi connectivity index (χ0n) is 8.63. The maximum absolute atomic E-state index is 13.4. The van der Waals surface area contributed by atoms with Gasteiger partial charge >= 0.3 is 5.97 Å². The Morgan fingerprint density at radius 2 is 2.27 bits per heavy atom. The summed E-state index contributed by atoms with van der Waals surface area (Å²) in [4.78, 5) is 10.9. The van der Waals surface area contributed by atoms with Crippen LogP contribution in [0, 0.1) is 5.82 Å². The van der Waals surface area contributed by atoms with Crippen LogP contribution in [0.5, 0.6) is 0 Å². The van der Waals surface area contributed by atoms with E-state index in [1.165, 1.54) is 13.2 Å². The van der Waals surface area contributed by atoms with Gasteiger partial charge in [-0.2, -0.15) is 0 Å². The standard InChI is InChI=1S/C11H14FNO2/c1-15-11(14)5-4-9-3-2-8(7-13)6-10(9)12/h2-3,6H,4-5,7,13H2,1H3. The predicted molar refractivity (Wildman–Crippen MR) is 54.6 cm³/mol. The van der Waals surface area contributed by atoms with Crippen molar-refractivity contribution in [2.75, 3.05) is 7.11 Å².